The largest absolute Gasteiger partial charge is 0.467 e. The molecule has 0 fully saturated rings. The van der Waals surface area contributed by atoms with Crippen LogP contribution in [-0.4, -0.2) is 24.1 Å². The summed E-state index contributed by atoms with van der Waals surface area (Å²) in [6.07, 6.45) is 1.66. The quantitative estimate of drug-likeness (QED) is 0.360. The smallest absolute Gasteiger partial charge is 0.258 e. The molecule has 0 aliphatic heterocycles. The van der Waals surface area contributed by atoms with Gasteiger partial charge in [-0.1, -0.05) is 42.1 Å². The molecular weight excluding hydrogens is 422 g/mol. The van der Waals surface area contributed by atoms with E-state index in [1.165, 1.54) is 11.8 Å². The van der Waals surface area contributed by atoms with Crippen molar-refractivity contribution >= 4 is 17.4 Å². The van der Waals surface area contributed by atoms with Gasteiger partial charge in [-0.15, -0.1) is 10.2 Å². The molecule has 7 nitrogen and oxygen atoms in total. The van der Waals surface area contributed by atoms with Crippen LogP contribution in [0.15, 0.2) is 81.3 Å². The molecule has 32 heavy (non-hydrogen) atoms. The first kappa shape index (κ1) is 20.3. The zero-order valence-electron chi connectivity index (χ0n) is 17.7. The monoisotopic (exact) mass is 443 g/mol. The minimum Gasteiger partial charge on any atom is -0.467 e. The number of hydrogen-bond donors (Lipinski definition) is 0. The lowest BCUT2D eigenvalue weighted by Gasteiger charge is -2.10. The number of hydrogen-bond acceptors (Lipinski definition) is 6. The van der Waals surface area contributed by atoms with Crippen LogP contribution in [0.4, 0.5) is 0 Å². The number of benzene rings is 1. The summed E-state index contributed by atoms with van der Waals surface area (Å²) in [4.78, 5) is 17.3. The SMILES string of the molecule is Cc1ccccc1-c1nnc(SCc2cc(=O)n3c(C)cccc3n2)n1Cc1ccco1. The number of aryl methyl sites for hydroxylation is 2. The average molecular weight is 444 g/mol. The van der Waals surface area contributed by atoms with Crippen LogP contribution in [-0.2, 0) is 12.3 Å². The number of nitrogens with zero attached hydrogens (tertiary/aromatic N) is 5. The zero-order chi connectivity index (χ0) is 22.1. The Morgan fingerprint density at radius 1 is 1.00 bits per heavy atom. The molecule has 0 unspecified atom stereocenters. The molecule has 5 rings (SSSR count). The molecular formula is C24H21N5O2S. The molecule has 0 aliphatic carbocycles. The van der Waals surface area contributed by atoms with Gasteiger partial charge < -0.3 is 4.42 Å². The Hall–Kier alpha value is -3.65. The fraction of sp³-hybridized carbons (Fsp3) is 0.167. The number of rotatable bonds is 6. The maximum atomic E-state index is 12.6. The van der Waals surface area contributed by atoms with Crippen molar-refractivity contribution in [3.05, 3.63) is 100.0 Å². The number of fused-ring (bicyclic) bond motifs is 1. The van der Waals surface area contributed by atoms with Crippen molar-refractivity contribution in [2.75, 3.05) is 0 Å². The minimum atomic E-state index is -0.0821. The molecule has 0 radical (unpaired) electrons. The highest BCUT2D eigenvalue weighted by Gasteiger charge is 2.17. The van der Waals surface area contributed by atoms with E-state index in [1.807, 2.05) is 60.0 Å². The van der Waals surface area contributed by atoms with Crippen LogP contribution in [0.2, 0.25) is 0 Å². The van der Waals surface area contributed by atoms with Gasteiger partial charge in [0.1, 0.15) is 11.4 Å². The average Bonchev–Trinajstić information content (AvgIpc) is 3.43. The topological polar surface area (TPSA) is 78.2 Å². The summed E-state index contributed by atoms with van der Waals surface area (Å²) in [6.45, 7) is 4.47. The van der Waals surface area contributed by atoms with Crippen molar-refractivity contribution in [3.63, 3.8) is 0 Å². The van der Waals surface area contributed by atoms with Gasteiger partial charge in [0, 0.05) is 23.1 Å². The Balaban J connectivity index is 1.49. The van der Waals surface area contributed by atoms with E-state index < -0.39 is 0 Å². The Morgan fingerprint density at radius 3 is 2.69 bits per heavy atom. The fourth-order valence-electron chi connectivity index (χ4n) is 3.70. The molecule has 5 aromatic rings. The second kappa shape index (κ2) is 8.47. The Bertz CT molecular complexity index is 1450. The molecule has 160 valence electrons. The van der Waals surface area contributed by atoms with Gasteiger partial charge in [-0.2, -0.15) is 0 Å². The number of thioether (sulfide) groups is 1. The van der Waals surface area contributed by atoms with Gasteiger partial charge in [0.05, 0.1) is 18.5 Å². The standard InChI is InChI=1S/C24H21N5O2S/c1-16-7-3-4-10-20(16)23-26-27-24(28(23)14-19-9-6-12-31-19)32-15-18-13-22(30)29-17(2)8-5-11-21(29)25-18/h3-13H,14-15H2,1-2H3. The van der Waals surface area contributed by atoms with Crippen molar-refractivity contribution < 1.29 is 4.42 Å². The second-order valence-corrected chi connectivity index (χ2v) is 8.46. The van der Waals surface area contributed by atoms with Crippen molar-refractivity contribution in [1.29, 1.82) is 0 Å². The van der Waals surface area contributed by atoms with Gasteiger partial charge in [-0.25, -0.2) is 4.98 Å². The third-order valence-electron chi connectivity index (χ3n) is 5.28. The molecule has 0 N–H and O–H groups in total. The van der Waals surface area contributed by atoms with Gasteiger partial charge in [0.2, 0.25) is 0 Å². The van der Waals surface area contributed by atoms with Crippen LogP contribution in [0.5, 0.6) is 0 Å². The molecule has 0 saturated carbocycles. The summed E-state index contributed by atoms with van der Waals surface area (Å²) in [7, 11) is 0. The van der Waals surface area contributed by atoms with E-state index in [-0.39, 0.29) is 5.56 Å². The molecule has 0 bridgehead atoms. The van der Waals surface area contributed by atoms with Crippen LogP contribution in [0, 0.1) is 13.8 Å². The van der Waals surface area contributed by atoms with Crippen molar-refractivity contribution in [2.24, 2.45) is 0 Å². The van der Waals surface area contributed by atoms with Crippen LogP contribution >= 0.6 is 11.8 Å². The highest BCUT2D eigenvalue weighted by Crippen LogP contribution is 2.28. The third kappa shape index (κ3) is 3.85. The van der Waals surface area contributed by atoms with Gasteiger partial charge in [-0.3, -0.25) is 13.8 Å². The van der Waals surface area contributed by atoms with Crippen molar-refractivity contribution in [3.8, 4) is 11.4 Å². The van der Waals surface area contributed by atoms with Crippen LogP contribution < -0.4 is 5.56 Å². The lowest BCUT2D eigenvalue weighted by molar-refractivity contribution is 0.485. The van der Waals surface area contributed by atoms with E-state index in [0.29, 0.717) is 23.6 Å². The maximum Gasteiger partial charge on any atom is 0.258 e. The van der Waals surface area contributed by atoms with E-state index in [0.717, 1.165) is 33.6 Å². The van der Waals surface area contributed by atoms with Gasteiger partial charge in [0.25, 0.3) is 5.56 Å². The molecule has 4 heterocycles. The van der Waals surface area contributed by atoms with E-state index in [4.69, 9.17) is 4.42 Å². The van der Waals surface area contributed by atoms with Crippen LogP contribution in [0.3, 0.4) is 0 Å². The molecule has 0 saturated heterocycles. The molecule has 0 spiro atoms. The molecule has 0 atom stereocenters. The van der Waals surface area contributed by atoms with E-state index in [2.05, 4.69) is 28.2 Å². The number of pyridine rings is 1. The molecule has 0 amide bonds. The van der Waals surface area contributed by atoms with Gasteiger partial charge >= 0.3 is 0 Å². The maximum absolute atomic E-state index is 12.6. The molecule has 8 heteroatoms. The summed E-state index contributed by atoms with van der Waals surface area (Å²) >= 11 is 1.50. The lowest BCUT2D eigenvalue weighted by atomic mass is 10.1. The predicted molar refractivity (Wildman–Crippen MR) is 124 cm³/mol. The van der Waals surface area contributed by atoms with E-state index in [1.54, 1.807) is 16.7 Å². The number of furan rings is 1. The summed E-state index contributed by atoms with van der Waals surface area (Å²) in [5, 5.41) is 9.68. The summed E-state index contributed by atoms with van der Waals surface area (Å²) in [5.74, 6) is 2.10. The Kier molecular flexibility index (Phi) is 5.36. The highest BCUT2D eigenvalue weighted by atomic mass is 32.2. The van der Waals surface area contributed by atoms with E-state index in [9.17, 15) is 4.79 Å². The zero-order valence-corrected chi connectivity index (χ0v) is 18.5. The molecule has 4 aromatic heterocycles. The molecule has 0 aliphatic rings. The predicted octanol–water partition coefficient (Wildman–Crippen LogP) is 4.50. The number of aromatic nitrogens is 5. The summed E-state index contributed by atoms with van der Waals surface area (Å²) in [6, 6.07) is 19.1. The Labute approximate surface area is 188 Å². The fourth-order valence-corrected chi connectivity index (χ4v) is 4.53. The van der Waals surface area contributed by atoms with Crippen molar-refractivity contribution in [2.45, 2.75) is 31.3 Å². The first-order chi connectivity index (χ1) is 15.6. The minimum absolute atomic E-state index is 0.0821. The highest BCUT2D eigenvalue weighted by molar-refractivity contribution is 7.98. The normalized spacial score (nSPS) is 11.3. The van der Waals surface area contributed by atoms with Gasteiger partial charge in [-0.05, 0) is 43.7 Å². The van der Waals surface area contributed by atoms with Crippen LogP contribution in [0.25, 0.3) is 17.0 Å². The third-order valence-corrected chi connectivity index (χ3v) is 6.28. The van der Waals surface area contributed by atoms with Crippen LogP contribution in [0.1, 0.15) is 22.7 Å². The van der Waals surface area contributed by atoms with Gasteiger partial charge in [0.15, 0.2) is 11.0 Å². The summed E-state index contributed by atoms with van der Waals surface area (Å²) in [5.41, 5.74) is 4.27. The second-order valence-electron chi connectivity index (χ2n) is 7.52. The first-order valence-electron chi connectivity index (χ1n) is 10.2. The lowest BCUT2D eigenvalue weighted by Crippen LogP contribution is -2.17. The first-order valence-corrected chi connectivity index (χ1v) is 11.2. The van der Waals surface area contributed by atoms with E-state index >= 15 is 0 Å². The molecule has 1 aromatic carbocycles. The Morgan fingerprint density at radius 2 is 1.88 bits per heavy atom. The summed E-state index contributed by atoms with van der Waals surface area (Å²) < 4.78 is 9.24. The van der Waals surface area contributed by atoms with Crippen molar-refractivity contribution in [1.82, 2.24) is 24.1 Å².